The standard InChI is InChI=1S/C37H43FN4O4S/c1-37(14-15-37)47(45,46)39-35(43)22-8-12-27-30(16-22)41-20-29-32(33(29)36(44)42-24-10-11-25(42)19-40(2)18-24)28-17-23(38)9-13-26(28)34(41)31(27)21-6-4-3-5-7-21/h8-9,12-13,16-17,21,24-25,29,32-33H,3-7,10-11,14-15,18-20H2,1-2H3,(H,39,43). The van der Waals surface area contributed by atoms with Crippen molar-refractivity contribution >= 4 is 32.7 Å². The van der Waals surface area contributed by atoms with E-state index in [-0.39, 0.29) is 41.6 Å². The highest BCUT2D eigenvalue weighted by atomic mass is 32.2. The Morgan fingerprint density at radius 1 is 0.936 bits per heavy atom. The number of amides is 2. The molecule has 47 heavy (non-hydrogen) atoms. The minimum atomic E-state index is -3.79. The third kappa shape index (κ3) is 4.56. The summed E-state index contributed by atoms with van der Waals surface area (Å²) in [4.78, 5) is 32.3. The van der Waals surface area contributed by atoms with E-state index >= 15 is 4.39 Å². The van der Waals surface area contributed by atoms with Crippen LogP contribution in [0.2, 0.25) is 0 Å². The molecule has 0 radical (unpaired) electrons. The van der Waals surface area contributed by atoms with Crippen molar-refractivity contribution in [2.45, 2.75) is 99.9 Å². The summed E-state index contributed by atoms with van der Waals surface area (Å²) in [6.45, 7) is 4.06. The Hall–Kier alpha value is -3.24. The summed E-state index contributed by atoms with van der Waals surface area (Å²) in [6, 6.07) is 11.1. The first-order valence-electron chi connectivity index (χ1n) is 17.6. The zero-order valence-electron chi connectivity index (χ0n) is 27.2. The fraction of sp³-hybridized carbons (Fsp3) is 0.568. The summed E-state index contributed by atoms with van der Waals surface area (Å²) in [5.41, 5.74) is 5.43. The number of hydrogen-bond acceptors (Lipinski definition) is 5. The van der Waals surface area contributed by atoms with Crippen molar-refractivity contribution in [1.82, 2.24) is 19.1 Å². The molecule has 1 aromatic heterocycles. The van der Waals surface area contributed by atoms with E-state index in [9.17, 15) is 18.0 Å². The molecule has 2 bridgehead atoms. The van der Waals surface area contributed by atoms with Crippen LogP contribution >= 0.6 is 0 Å². The molecule has 1 N–H and O–H groups in total. The van der Waals surface area contributed by atoms with E-state index in [1.165, 1.54) is 18.1 Å². The lowest BCUT2D eigenvalue weighted by Gasteiger charge is -2.40. The maximum Gasteiger partial charge on any atom is 0.264 e. The SMILES string of the molecule is CN1CC2CCC(C1)N2C(=O)C1C2Cn3c(c(C4CCCCC4)c4ccc(C(=O)NS(=O)(=O)C5(C)CC5)cc43)-c3ccc(F)cc3C21. The molecule has 3 aliphatic carbocycles. The van der Waals surface area contributed by atoms with Crippen molar-refractivity contribution in [2.24, 2.45) is 11.8 Å². The molecule has 8 nitrogen and oxygen atoms in total. The largest absolute Gasteiger partial charge is 0.340 e. The molecule has 3 saturated carbocycles. The van der Waals surface area contributed by atoms with Crippen molar-refractivity contribution < 1.29 is 22.4 Å². The van der Waals surface area contributed by atoms with Crippen LogP contribution in [-0.4, -0.2) is 71.6 Å². The number of carbonyl (C=O) groups is 2. The van der Waals surface area contributed by atoms with E-state index in [4.69, 9.17) is 0 Å². The molecule has 0 spiro atoms. The van der Waals surface area contributed by atoms with Gasteiger partial charge in [-0.25, -0.2) is 17.5 Å². The molecule has 3 aliphatic heterocycles. The van der Waals surface area contributed by atoms with E-state index in [0.717, 1.165) is 79.3 Å². The molecule has 2 aromatic carbocycles. The lowest BCUT2D eigenvalue weighted by Crippen LogP contribution is -2.55. The number of aromatic nitrogens is 1. The Labute approximate surface area is 275 Å². The Morgan fingerprint density at radius 2 is 1.66 bits per heavy atom. The fourth-order valence-corrected chi connectivity index (χ4v) is 11.0. The molecule has 9 rings (SSSR count). The van der Waals surface area contributed by atoms with Crippen molar-refractivity contribution in [2.75, 3.05) is 20.1 Å². The number of carbonyl (C=O) groups excluding carboxylic acids is 2. The second-order valence-corrected chi connectivity index (χ2v) is 17.8. The van der Waals surface area contributed by atoms with Crippen LogP contribution in [0, 0.1) is 17.7 Å². The first-order chi connectivity index (χ1) is 22.5. The Morgan fingerprint density at radius 3 is 2.36 bits per heavy atom. The number of halogens is 1. The van der Waals surface area contributed by atoms with E-state index in [0.29, 0.717) is 30.9 Å². The van der Waals surface area contributed by atoms with Gasteiger partial charge in [0, 0.05) is 59.7 Å². The molecular weight excluding hydrogens is 615 g/mol. The summed E-state index contributed by atoms with van der Waals surface area (Å²) in [6.07, 6.45) is 8.82. The van der Waals surface area contributed by atoms with Crippen LogP contribution in [-0.2, 0) is 21.4 Å². The summed E-state index contributed by atoms with van der Waals surface area (Å²) in [7, 11) is -1.66. The number of nitrogens with one attached hydrogen (secondary N) is 1. The highest BCUT2D eigenvalue weighted by molar-refractivity contribution is 7.91. The number of benzene rings is 2. The second-order valence-electron chi connectivity index (χ2n) is 15.6. The van der Waals surface area contributed by atoms with E-state index < -0.39 is 20.7 Å². The van der Waals surface area contributed by atoms with Crippen LogP contribution in [0.1, 0.15) is 98.0 Å². The molecule has 4 heterocycles. The molecule has 5 atom stereocenters. The average Bonchev–Trinajstić information content (AvgIpc) is 3.93. The topological polar surface area (TPSA) is 91.7 Å². The smallest absolute Gasteiger partial charge is 0.264 e. The monoisotopic (exact) mass is 658 g/mol. The van der Waals surface area contributed by atoms with Crippen LogP contribution in [0.25, 0.3) is 22.2 Å². The van der Waals surface area contributed by atoms with Gasteiger partial charge in [-0.15, -0.1) is 0 Å². The third-order valence-corrected chi connectivity index (χ3v) is 14.8. The number of sulfonamides is 1. The van der Waals surface area contributed by atoms with Gasteiger partial charge in [-0.2, -0.15) is 0 Å². The quantitative estimate of drug-likeness (QED) is 0.377. The highest BCUT2D eigenvalue weighted by Gasteiger charge is 2.60. The Bertz CT molecular complexity index is 1930. The van der Waals surface area contributed by atoms with Crippen molar-refractivity contribution in [3.63, 3.8) is 0 Å². The fourth-order valence-electron chi connectivity index (χ4n) is 9.79. The molecular formula is C37H43FN4O4S. The maximum atomic E-state index is 15.1. The van der Waals surface area contributed by atoms with E-state index in [1.807, 2.05) is 18.2 Å². The summed E-state index contributed by atoms with van der Waals surface area (Å²) in [5, 5.41) is 1.06. The summed E-state index contributed by atoms with van der Waals surface area (Å²) >= 11 is 0. The molecule has 5 fully saturated rings. The minimum absolute atomic E-state index is 0.0193. The molecule has 3 aromatic rings. The van der Waals surface area contributed by atoms with Crippen molar-refractivity contribution in [3.05, 3.63) is 58.9 Å². The van der Waals surface area contributed by atoms with Gasteiger partial charge in [0.25, 0.3) is 5.91 Å². The molecule has 6 aliphatic rings. The molecule has 10 heteroatoms. The number of likely N-dealkylation sites (tertiary alicyclic amines) is 1. The van der Waals surface area contributed by atoms with E-state index in [2.05, 4.69) is 26.1 Å². The first kappa shape index (κ1) is 29.9. The third-order valence-electron chi connectivity index (χ3n) is 12.6. The van der Waals surface area contributed by atoms with Gasteiger partial charge < -0.3 is 14.4 Å². The average molecular weight is 659 g/mol. The number of nitrogens with zero attached hydrogens (tertiary/aromatic N) is 3. The molecule has 2 amide bonds. The van der Waals surface area contributed by atoms with E-state index in [1.54, 1.807) is 19.1 Å². The molecule has 2 saturated heterocycles. The van der Waals surface area contributed by atoms with Crippen molar-refractivity contribution in [1.29, 1.82) is 0 Å². The van der Waals surface area contributed by atoms with Crippen molar-refractivity contribution in [3.8, 4) is 11.3 Å². The molecule has 248 valence electrons. The van der Waals surface area contributed by atoms with Crippen LogP contribution in [0.15, 0.2) is 36.4 Å². The van der Waals surface area contributed by atoms with Crippen LogP contribution in [0.5, 0.6) is 0 Å². The number of rotatable bonds is 5. The van der Waals surface area contributed by atoms with Crippen LogP contribution in [0.4, 0.5) is 4.39 Å². The highest BCUT2D eigenvalue weighted by Crippen LogP contribution is 2.62. The zero-order chi connectivity index (χ0) is 32.4. The van der Waals surface area contributed by atoms with Crippen LogP contribution < -0.4 is 4.72 Å². The minimum Gasteiger partial charge on any atom is -0.340 e. The van der Waals surface area contributed by atoms with Gasteiger partial charge in [-0.1, -0.05) is 25.3 Å². The normalized spacial score (nSPS) is 29.5. The lowest BCUT2D eigenvalue weighted by molar-refractivity contribution is -0.138. The maximum absolute atomic E-state index is 15.1. The number of piperazine rings is 1. The second kappa shape index (κ2) is 10.4. The summed E-state index contributed by atoms with van der Waals surface area (Å²) < 4.78 is 44.7. The molecule has 5 unspecified atom stereocenters. The first-order valence-corrected chi connectivity index (χ1v) is 19.1. The summed E-state index contributed by atoms with van der Waals surface area (Å²) in [5.74, 6) is -0.600. The lowest BCUT2D eigenvalue weighted by atomic mass is 9.81. The zero-order valence-corrected chi connectivity index (χ0v) is 28.0. The Balaban J connectivity index is 1.16. The number of fused-ring (bicyclic) bond motifs is 9. The van der Waals surface area contributed by atoms with Gasteiger partial charge >= 0.3 is 0 Å². The van der Waals surface area contributed by atoms with Gasteiger partial charge in [-0.3, -0.25) is 9.59 Å². The predicted octanol–water partition coefficient (Wildman–Crippen LogP) is 5.76. The van der Waals surface area contributed by atoms with Gasteiger partial charge in [0.2, 0.25) is 15.9 Å². The van der Waals surface area contributed by atoms with Gasteiger partial charge in [0.15, 0.2) is 0 Å². The van der Waals surface area contributed by atoms with Gasteiger partial charge in [0.1, 0.15) is 5.82 Å². The van der Waals surface area contributed by atoms with Gasteiger partial charge in [0.05, 0.1) is 16.4 Å². The number of likely N-dealkylation sites (N-methyl/N-ethyl adjacent to an activating group) is 1. The Kier molecular flexibility index (Phi) is 6.60. The predicted molar refractivity (Wildman–Crippen MR) is 178 cm³/mol. The number of hydrogen-bond donors (Lipinski definition) is 1. The van der Waals surface area contributed by atoms with Gasteiger partial charge in [-0.05, 0) is 106 Å². The van der Waals surface area contributed by atoms with Crippen LogP contribution in [0.3, 0.4) is 0 Å².